The first kappa shape index (κ1) is 15.3. The summed E-state index contributed by atoms with van der Waals surface area (Å²) in [6.45, 7) is 4.65. The first-order chi connectivity index (χ1) is 8.93. The fourth-order valence-corrected chi connectivity index (χ4v) is 1.89. The molecule has 8 nitrogen and oxygen atoms in total. The number of ether oxygens (including phenoxy) is 3. The lowest BCUT2D eigenvalue weighted by Crippen LogP contribution is -2.30. The first-order valence-electron chi connectivity index (χ1n) is 5.94. The zero-order valence-electron chi connectivity index (χ0n) is 11.1. The SMILES string of the molecule is CC(=O)O[C@@H]1O[C@H]([C@@H](C)CN=[N+]=[N-])C[C@H]1OC(C)=O. The molecule has 0 saturated carbocycles. The standard InChI is InChI=1S/C11H17N3O5/c1-6(5-13-14-12)9-4-10(17-7(2)15)11(19-9)18-8(3)16/h6,9-11H,4-5H2,1-3H3/t6-,9-,10+,11+/m0/s1. The van der Waals surface area contributed by atoms with Crippen LogP contribution in [0.15, 0.2) is 5.11 Å². The molecule has 0 aromatic heterocycles. The molecule has 8 heteroatoms. The predicted octanol–water partition coefficient (Wildman–Crippen LogP) is 1.54. The second kappa shape index (κ2) is 6.96. The second-order valence-electron chi connectivity index (χ2n) is 4.43. The molecule has 0 aromatic rings. The van der Waals surface area contributed by atoms with Gasteiger partial charge in [0.25, 0.3) is 0 Å². The molecule has 1 heterocycles. The Bertz CT molecular complexity index is 370. The number of nitrogens with zero attached hydrogens (tertiary/aromatic N) is 3. The maximum atomic E-state index is 11.0. The number of carbonyl (C=O) groups is 2. The molecule has 4 atom stereocenters. The van der Waals surface area contributed by atoms with Gasteiger partial charge >= 0.3 is 11.9 Å². The Balaban J connectivity index is 2.66. The Morgan fingerprint density at radius 1 is 1.42 bits per heavy atom. The molecule has 0 spiro atoms. The third-order valence-corrected chi connectivity index (χ3v) is 2.74. The minimum atomic E-state index is -0.903. The summed E-state index contributed by atoms with van der Waals surface area (Å²) in [5.74, 6) is -1.03. The van der Waals surface area contributed by atoms with Crippen molar-refractivity contribution in [2.75, 3.05) is 6.54 Å². The van der Waals surface area contributed by atoms with Crippen LogP contribution in [0.4, 0.5) is 0 Å². The molecule has 19 heavy (non-hydrogen) atoms. The lowest BCUT2D eigenvalue weighted by molar-refractivity contribution is -0.195. The molecule has 0 bridgehead atoms. The number of esters is 2. The van der Waals surface area contributed by atoms with Gasteiger partial charge < -0.3 is 14.2 Å². The van der Waals surface area contributed by atoms with Crippen molar-refractivity contribution in [2.24, 2.45) is 11.0 Å². The number of hydrogen-bond donors (Lipinski definition) is 0. The second-order valence-corrected chi connectivity index (χ2v) is 4.43. The van der Waals surface area contributed by atoms with E-state index in [2.05, 4.69) is 10.0 Å². The minimum Gasteiger partial charge on any atom is -0.456 e. The van der Waals surface area contributed by atoms with Gasteiger partial charge in [-0.25, -0.2) is 0 Å². The van der Waals surface area contributed by atoms with Crippen LogP contribution in [0.3, 0.4) is 0 Å². The number of rotatable bonds is 5. The van der Waals surface area contributed by atoms with Crippen molar-refractivity contribution < 1.29 is 23.8 Å². The summed E-state index contributed by atoms with van der Waals surface area (Å²) >= 11 is 0. The molecule has 1 fully saturated rings. The van der Waals surface area contributed by atoms with Crippen LogP contribution in [0, 0.1) is 5.92 Å². The highest BCUT2D eigenvalue weighted by Crippen LogP contribution is 2.29. The van der Waals surface area contributed by atoms with Crippen molar-refractivity contribution >= 4 is 11.9 Å². The highest BCUT2D eigenvalue weighted by molar-refractivity contribution is 5.67. The van der Waals surface area contributed by atoms with Gasteiger partial charge in [-0.15, -0.1) is 0 Å². The summed E-state index contributed by atoms with van der Waals surface area (Å²) < 4.78 is 15.6. The molecule has 1 saturated heterocycles. The summed E-state index contributed by atoms with van der Waals surface area (Å²) in [4.78, 5) is 24.6. The van der Waals surface area contributed by atoms with Crippen LogP contribution < -0.4 is 0 Å². The monoisotopic (exact) mass is 271 g/mol. The van der Waals surface area contributed by atoms with Gasteiger partial charge in [0.2, 0.25) is 6.29 Å². The van der Waals surface area contributed by atoms with Crippen LogP contribution in [0.1, 0.15) is 27.2 Å². The number of azide groups is 1. The van der Waals surface area contributed by atoms with E-state index < -0.39 is 24.3 Å². The average Bonchev–Trinajstić information content (AvgIpc) is 2.67. The highest BCUT2D eigenvalue weighted by Gasteiger charge is 2.41. The van der Waals surface area contributed by atoms with Gasteiger partial charge in [0.1, 0.15) is 0 Å². The molecule has 0 N–H and O–H groups in total. The minimum absolute atomic E-state index is 0.0606. The fraction of sp³-hybridized carbons (Fsp3) is 0.818. The lowest BCUT2D eigenvalue weighted by Gasteiger charge is -2.18. The quantitative estimate of drug-likeness (QED) is 0.326. The molecular weight excluding hydrogens is 254 g/mol. The third-order valence-electron chi connectivity index (χ3n) is 2.74. The molecule has 0 unspecified atom stereocenters. The smallest absolute Gasteiger partial charge is 0.305 e. The zero-order valence-corrected chi connectivity index (χ0v) is 11.1. The van der Waals surface area contributed by atoms with E-state index in [1.807, 2.05) is 6.92 Å². The summed E-state index contributed by atoms with van der Waals surface area (Å²) in [6.07, 6.45) is -1.42. The van der Waals surface area contributed by atoms with E-state index in [9.17, 15) is 9.59 Å². The summed E-state index contributed by atoms with van der Waals surface area (Å²) in [5.41, 5.74) is 8.28. The molecule has 1 aliphatic rings. The van der Waals surface area contributed by atoms with E-state index in [-0.39, 0.29) is 18.6 Å². The van der Waals surface area contributed by atoms with Crippen molar-refractivity contribution in [2.45, 2.75) is 45.7 Å². The van der Waals surface area contributed by atoms with Crippen molar-refractivity contribution in [1.82, 2.24) is 0 Å². The molecular formula is C11H17N3O5. The van der Waals surface area contributed by atoms with Crippen LogP contribution in [-0.2, 0) is 23.8 Å². The van der Waals surface area contributed by atoms with Gasteiger partial charge in [0, 0.05) is 31.7 Å². The van der Waals surface area contributed by atoms with Gasteiger partial charge in [-0.05, 0) is 11.4 Å². The number of carbonyl (C=O) groups excluding carboxylic acids is 2. The summed E-state index contributed by atoms with van der Waals surface area (Å²) in [7, 11) is 0. The van der Waals surface area contributed by atoms with Gasteiger partial charge in [-0.2, -0.15) is 0 Å². The lowest BCUT2D eigenvalue weighted by atomic mass is 10.0. The number of hydrogen-bond acceptors (Lipinski definition) is 6. The zero-order chi connectivity index (χ0) is 14.4. The van der Waals surface area contributed by atoms with E-state index in [4.69, 9.17) is 19.7 Å². The molecule has 0 amide bonds. The molecule has 1 aliphatic heterocycles. The van der Waals surface area contributed by atoms with Crippen molar-refractivity contribution in [3.05, 3.63) is 10.4 Å². The van der Waals surface area contributed by atoms with Crippen LogP contribution in [0.2, 0.25) is 0 Å². The molecule has 0 radical (unpaired) electrons. The van der Waals surface area contributed by atoms with Gasteiger partial charge in [-0.3, -0.25) is 9.59 Å². The topological polar surface area (TPSA) is 111 Å². The first-order valence-corrected chi connectivity index (χ1v) is 5.94. The van der Waals surface area contributed by atoms with Crippen LogP contribution >= 0.6 is 0 Å². The van der Waals surface area contributed by atoms with E-state index in [1.165, 1.54) is 13.8 Å². The van der Waals surface area contributed by atoms with Crippen molar-refractivity contribution in [3.63, 3.8) is 0 Å². The normalized spacial score (nSPS) is 27.2. The molecule has 0 aromatic carbocycles. The summed E-state index contributed by atoms with van der Waals surface area (Å²) in [6, 6.07) is 0. The molecule has 1 rings (SSSR count). The predicted molar refractivity (Wildman–Crippen MR) is 63.8 cm³/mol. The van der Waals surface area contributed by atoms with E-state index in [0.29, 0.717) is 6.42 Å². The average molecular weight is 271 g/mol. The van der Waals surface area contributed by atoms with Gasteiger partial charge in [0.15, 0.2) is 6.10 Å². The molecule has 106 valence electrons. The van der Waals surface area contributed by atoms with Gasteiger partial charge in [-0.1, -0.05) is 12.0 Å². The van der Waals surface area contributed by atoms with E-state index in [0.717, 1.165) is 0 Å². The van der Waals surface area contributed by atoms with E-state index in [1.54, 1.807) is 0 Å². The molecule has 0 aliphatic carbocycles. The highest BCUT2D eigenvalue weighted by atomic mass is 16.7. The third kappa shape index (κ3) is 4.76. The maximum absolute atomic E-state index is 11.0. The van der Waals surface area contributed by atoms with Gasteiger partial charge in [0.05, 0.1) is 6.10 Å². The summed E-state index contributed by atoms with van der Waals surface area (Å²) in [5, 5.41) is 3.47. The Kier molecular flexibility index (Phi) is 5.59. The van der Waals surface area contributed by atoms with Crippen molar-refractivity contribution in [1.29, 1.82) is 0 Å². The van der Waals surface area contributed by atoms with Crippen LogP contribution in [0.25, 0.3) is 10.4 Å². The van der Waals surface area contributed by atoms with E-state index >= 15 is 0 Å². The Labute approximate surface area is 110 Å². The largest absolute Gasteiger partial charge is 0.456 e. The Morgan fingerprint density at radius 3 is 2.58 bits per heavy atom. The Hall–Kier alpha value is -1.79. The van der Waals surface area contributed by atoms with Crippen LogP contribution in [-0.4, -0.2) is 37.0 Å². The maximum Gasteiger partial charge on any atom is 0.305 e. The van der Waals surface area contributed by atoms with Crippen molar-refractivity contribution in [3.8, 4) is 0 Å². The Morgan fingerprint density at radius 2 is 2.05 bits per heavy atom. The van der Waals surface area contributed by atoms with Crippen LogP contribution in [0.5, 0.6) is 0 Å². The fourth-order valence-electron chi connectivity index (χ4n) is 1.89.